The first kappa shape index (κ1) is 20.6. The van der Waals surface area contributed by atoms with Crippen LogP contribution < -0.4 is 5.32 Å². The normalized spacial score (nSPS) is 12.1. The highest BCUT2D eigenvalue weighted by atomic mass is 19.1. The number of fused-ring (bicyclic) bond motifs is 1. The summed E-state index contributed by atoms with van der Waals surface area (Å²) >= 11 is 0. The van der Waals surface area contributed by atoms with Crippen molar-refractivity contribution in [3.63, 3.8) is 0 Å². The zero-order valence-electron chi connectivity index (χ0n) is 18.2. The molecule has 6 nitrogen and oxygen atoms in total. The van der Waals surface area contributed by atoms with Gasteiger partial charge in [0, 0.05) is 30.7 Å². The molecule has 7 heteroatoms. The molecule has 0 saturated heterocycles. The van der Waals surface area contributed by atoms with E-state index in [2.05, 4.69) is 19.9 Å². The summed E-state index contributed by atoms with van der Waals surface area (Å²) in [6, 6.07) is 21.0. The van der Waals surface area contributed by atoms with Gasteiger partial charge in [-0.2, -0.15) is 0 Å². The second-order valence-corrected chi connectivity index (χ2v) is 7.89. The van der Waals surface area contributed by atoms with E-state index in [0.717, 1.165) is 28.1 Å². The number of rotatable bonds is 5. The van der Waals surface area contributed by atoms with Gasteiger partial charge < -0.3 is 9.88 Å². The number of hydrogen-bond donors (Lipinski definition) is 1. The summed E-state index contributed by atoms with van der Waals surface area (Å²) in [4.78, 5) is 22.3. The number of aryl methyl sites for hydroxylation is 2. The molecule has 33 heavy (non-hydrogen) atoms. The molecule has 164 valence electrons. The minimum Gasteiger partial charge on any atom is -0.338 e. The molecule has 0 aliphatic rings. The molecule has 0 unspecified atom stereocenters. The summed E-state index contributed by atoms with van der Waals surface area (Å²) in [7, 11) is 1.86. The average molecular weight is 439 g/mol. The van der Waals surface area contributed by atoms with Crippen LogP contribution >= 0.6 is 0 Å². The average Bonchev–Trinajstić information content (AvgIpc) is 3.39. The molecule has 0 fully saturated rings. The fraction of sp³-hybridized carbons (Fsp3) is 0.115. The third kappa shape index (κ3) is 3.89. The fourth-order valence-electron chi connectivity index (χ4n) is 4.07. The quantitative estimate of drug-likeness (QED) is 0.431. The molecule has 5 aromatic rings. The van der Waals surface area contributed by atoms with E-state index >= 15 is 0 Å². The van der Waals surface area contributed by atoms with Gasteiger partial charge >= 0.3 is 0 Å². The maximum atomic E-state index is 13.5. The molecule has 2 heterocycles. The van der Waals surface area contributed by atoms with E-state index in [4.69, 9.17) is 0 Å². The van der Waals surface area contributed by atoms with E-state index in [1.165, 1.54) is 12.1 Å². The largest absolute Gasteiger partial charge is 0.338 e. The van der Waals surface area contributed by atoms with E-state index in [1.807, 2.05) is 61.1 Å². The van der Waals surface area contributed by atoms with Gasteiger partial charge in [-0.15, -0.1) is 0 Å². The number of carbonyl (C=O) groups excluding carboxylic acids is 1. The lowest BCUT2D eigenvalue weighted by Crippen LogP contribution is -2.31. The Bertz CT molecular complexity index is 1440. The first-order chi connectivity index (χ1) is 16.0. The van der Waals surface area contributed by atoms with Crippen molar-refractivity contribution < 1.29 is 9.18 Å². The van der Waals surface area contributed by atoms with Crippen LogP contribution in [0.25, 0.3) is 16.7 Å². The van der Waals surface area contributed by atoms with Crippen LogP contribution in [0.15, 0.2) is 85.2 Å². The first-order valence-corrected chi connectivity index (χ1v) is 10.6. The summed E-state index contributed by atoms with van der Waals surface area (Å²) in [5.41, 5.74) is 3.90. The summed E-state index contributed by atoms with van der Waals surface area (Å²) in [6.07, 6.45) is 3.48. The van der Waals surface area contributed by atoms with E-state index < -0.39 is 6.04 Å². The van der Waals surface area contributed by atoms with Crippen molar-refractivity contribution in [1.82, 2.24) is 24.4 Å². The van der Waals surface area contributed by atoms with Gasteiger partial charge in [0.1, 0.15) is 23.5 Å². The standard InChI is InChI=1S/C26H22FN5O/c1-17-29-22-16-19(10-13-23(22)32(17)21-6-4-3-5-7-21)26(33)30-24(25-28-14-15-31(25)2)18-8-11-20(27)12-9-18/h3-16,24H,1-2H3,(H,30,33)/t24-/m0/s1. The fourth-order valence-corrected chi connectivity index (χ4v) is 4.07. The third-order valence-electron chi connectivity index (χ3n) is 5.69. The SMILES string of the molecule is Cc1nc2cc(C(=O)N[C@@H](c3ccc(F)cc3)c3nccn3C)ccc2n1-c1ccccc1. The van der Waals surface area contributed by atoms with Crippen LogP contribution in [0, 0.1) is 12.7 Å². The van der Waals surface area contributed by atoms with Crippen molar-refractivity contribution in [2.45, 2.75) is 13.0 Å². The number of nitrogens with one attached hydrogen (secondary N) is 1. The smallest absolute Gasteiger partial charge is 0.252 e. The van der Waals surface area contributed by atoms with Crippen LogP contribution in [0.1, 0.15) is 33.6 Å². The van der Waals surface area contributed by atoms with Gasteiger partial charge in [0.25, 0.3) is 5.91 Å². The molecule has 5 rings (SSSR count). The lowest BCUT2D eigenvalue weighted by Gasteiger charge is -2.19. The lowest BCUT2D eigenvalue weighted by atomic mass is 10.0. The number of imidazole rings is 2. The number of amides is 1. The molecular formula is C26H22FN5O. The van der Waals surface area contributed by atoms with Crippen LogP contribution in [-0.4, -0.2) is 25.0 Å². The second kappa shape index (κ2) is 8.35. The Morgan fingerprint density at radius 3 is 2.48 bits per heavy atom. The monoisotopic (exact) mass is 439 g/mol. The highest BCUT2D eigenvalue weighted by Crippen LogP contribution is 2.24. The summed E-state index contributed by atoms with van der Waals surface area (Å²) in [5.74, 6) is 0.894. The highest BCUT2D eigenvalue weighted by Gasteiger charge is 2.22. The van der Waals surface area contributed by atoms with Crippen molar-refractivity contribution >= 4 is 16.9 Å². The maximum Gasteiger partial charge on any atom is 0.252 e. The van der Waals surface area contributed by atoms with Gasteiger partial charge in [0.2, 0.25) is 0 Å². The number of halogens is 1. The van der Waals surface area contributed by atoms with E-state index in [0.29, 0.717) is 11.4 Å². The van der Waals surface area contributed by atoms with Crippen molar-refractivity contribution in [3.8, 4) is 5.69 Å². The minimum absolute atomic E-state index is 0.263. The minimum atomic E-state index is -0.530. The van der Waals surface area contributed by atoms with E-state index in [1.54, 1.807) is 30.5 Å². The van der Waals surface area contributed by atoms with Crippen LogP contribution in [0.3, 0.4) is 0 Å². The maximum absolute atomic E-state index is 13.5. The zero-order chi connectivity index (χ0) is 22.9. The Morgan fingerprint density at radius 2 is 1.79 bits per heavy atom. The van der Waals surface area contributed by atoms with Crippen LogP contribution in [0.5, 0.6) is 0 Å². The molecule has 0 bridgehead atoms. The Morgan fingerprint density at radius 1 is 1.03 bits per heavy atom. The topological polar surface area (TPSA) is 64.7 Å². The Balaban J connectivity index is 1.49. The molecule has 0 radical (unpaired) electrons. The molecule has 0 saturated carbocycles. The van der Waals surface area contributed by atoms with Crippen LogP contribution in [0.4, 0.5) is 4.39 Å². The molecule has 3 aromatic carbocycles. The van der Waals surface area contributed by atoms with Crippen molar-refractivity contribution in [3.05, 3.63) is 114 Å². The molecular weight excluding hydrogens is 417 g/mol. The number of aromatic nitrogens is 4. The van der Waals surface area contributed by atoms with Crippen molar-refractivity contribution in [2.75, 3.05) is 0 Å². The molecule has 0 aliphatic carbocycles. The number of hydrogen-bond acceptors (Lipinski definition) is 3. The van der Waals surface area contributed by atoms with Crippen molar-refractivity contribution in [1.29, 1.82) is 0 Å². The van der Waals surface area contributed by atoms with E-state index in [-0.39, 0.29) is 11.7 Å². The molecule has 0 spiro atoms. The van der Waals surface area contributed by atoms with Gasteiger partial charge in [-0.3, -0.25) is 9.36 Å². The Kier molecular flexibility index (Phi) is 5.22. The number of carbonyl (C=O) groups is 1. The summed E-state index contributed by atoms with van der Waals surface area (Å²) < 4.78 is 17.4. The molecule has 2 aromatic heterocycles. The van der Waals surface area contributed by atoms with Gasteiger partial charge in [-0.1, -0.05) is 30.3 Å². The lowest BCUT2D eigenvalue weighted by molar-refractivity contribution is 0.0941. The number of benzene rings is 3. The Hall–Kier alpha value is -4.26. The summed E-state index contributed by atoms with van der Waals surface area (Å²) in [6.45, 7) is 1.94. The van der Waals surface area contributed by atoms with Gasteiger partial charge in [-0.05, 0) is 55.0 Å². The van der Waals surface area contributed by atoms with Crippen LogP contribution in [-0.2, 0) is 7.05 Å². The van der Waals surface area contributed by atoms with Gasteiger partial charge in [-0.25, -0.2) is 14.4 Å². The first-order valence-electron chi connectivity index (χ1n) is 10.6. The van der Waals surface area contributed by atoms with Gasteiger partial charge in [0.05, 0.1) is 11.0 Å². The van der Waals surface area contributed by atoms with E-state index in [9.17, 15) is 9.18 Å². The van der Waals surface area contributed by atoms with Crippen molar-refractivity contribution in [2.24, 2.45) is 7.05 Å². The zero-order valence-corrected chi connectivity index (χ0v) is 18.2. The predicted molar refractivity (Wildman–Crippen MR) is 125 cm³/mol. The third-order valence-corrected chi connectivity index (χ3v) is 5.69. The summed E-state index contributed by atoms with van der Waals surface area (Å²) in [5, 5.41) is 3.05. The van der Waals surface area contributed by atoms with Gasteiger partial charge in [0.15, 0.2) is 0 Å². The molecule has 0 aliphatic heterocycles. The predicted octanol–water partition coefficient (Wildman–Crippen LogP) is 4.73. The number of para-hydroxylation sites is 1. The molecule has 1 N–H and O–H groups in total. The second-order valence-electron chi connectivity index (χ2n) is 7.89. The molecule has 1 atom stereocenters. The highest BCUT2D eigenvalue weighted by molar-refractivity contribution is 5.98. The molecule has 1 amide bonds. The van der Waals surface area contributed by atoms with Crippen LogP contribution in [0.2, 0.25) is 0 Å². The Labute approximate surface area is 190 Å². The number of nitrogens with zero attached hydrogens (tertiary/aromatic N) is 4.